The van der Waals surface area contributed by atoms with Crippen molar-refractivity contribution in [2.75, 3.05) is 13.2 Å². The van der Waals surface area contributed by atoms with Crippen LogP contribution in [0.4, 0.5) is 0 Å². The monoisotopic (exact) mass is 416 g/mol. The molecule has 28 heavy (non-hydrogen) atoms. The maximum Gasteiger partial charge on any atom is 0.271 e. The number of nitriles is 1. The number of rotatable bonds is 4. The summed E-state index contributed by atoms with van der Waals surface area (Å²) in [6.07, 6.45) is 1.45. The number of hydrogen-bond acceptors (Lipinski definition) is 5. The number of hydrogen-bond donors (Lipinski definition) is 1. The largest absolute Gasteiger partial charge is 0.457 e. The van der Waals surface area contributed by atoms with Gasteiger partial charge in [0.15, 0.2) is 0 Å². The highest BCUT2D eigenvalue weighted by Crippen LogP contribution is 2.33. The summed E-state index contributed by atoms with van der Waals surface area (Å²) in [4.78, 5) is 25.8. The van der Waals surface area contributed by atoms with Crippen molar-refractivity contribution in [3.63, 3.8) is 0 Å². The van der Waals surface area contributed by atoms with Crippen molar-refractivity contribution in [3.05, 3.63) is 62.9 Å². The van der Waals surface area contributed by atoms with Crippen molar-refractivity contribution in [1.29, 1.82) is 5.26 Å². The third kappa shape index (κ3) is 3.60. The van der Waals surface area contributed by atoms with Gasteiger partial charge < -0.3 is 9.52 Å². The predicted octanol–water partition coefficient (Wildman–Crippen LogP) is 3.84. The molecular weight excluding hydrogens is 403 g/mol. The minimum absolute atomic E-state index is 0.141. The van der Waals surface area contributed by atoms with Gasteiger partial charge in [-0.15, -0.1) is 0 Å². The van der Waals surface area contributed by atoms with Crippen LogP contribution in [0.2, 0.25) is 10.0 Å². The number of imide groups is 1. The molecule has 1 aliphatic heterocycles. The molecular formula is C20H14Cl2N2O4. The quantitative estimate of drug-likeness (QED) is 0.603. The summed E-state index contributed by atoms with van der Waals surface area (Å²) in [7, 11) is 0. The van der Waals surface area contributed by atoms with E-state index in [0.717, 1.165) is 4.90 Å². The molecule has 6 nitrogen and oxygen atoms in total. The highest BCUT2D eigenvalue weighted by molar-refractivity contribution is 6.35. The Morgan fingerprint density at radius 1 is 1.21 bits per heavy atom. The Kier molecular flexibility index (Phi) is 5.71. The number of nitrogens with zero attached hydrogens (tertiary/aromatic N) is 2. The first-order valence-electron chi connectivity index (χ1n) is 8.22. The fourth-order valence-corrected chi connectivity index (χ4v) is 3.22. The van der Waals surface area contributed by atoms with Crippen LogP contribution in [-0.4, -0.2) is 35.0 Å². The highest BCUT2D eigenvalue weighted by atomic mass is 35.5. The maximum atomic E-state index is 12.7. The van der Waals surface area contributed by atoms with Crippen LogP contribution in [0.3, 0.4) is 0 Å². The van der Waals surface area contributed by atoms with Crippen LogP contribution in [0.5, 0.6) is 0 Å². The smallest absolute Gasteiger partial charge is 0.271 e. The first kappa shape index (κ1) is 19.9. The van der Waals surface area contributed by atoms with E-state index in [0.29, 0.717) is 27.1 Å². The van der Waals surface area contributed by atoms with E-state index in [-0.39, 0.29) is 23.3 Å². The Bertz CT molecular complexity index is 1080. The fraction of sp³-hybridized carbons (Fsp3) is 0.150. The van der Waals surface area contributed by atoms with Crippen LogP contribution in [0.1, 0.15) is 12.7 Å². The second-order valence-electron chi connectivity index (χ2n) is 5.98. The van der Waals surface area contributed by atoms with Crippen molar-refractivity contribution < 1.29 is 19.1 Å². The number of β-amino-alcohol motifs (C(OH)–C–C–N with tert-alkyl or cyclic N) is 1. The maximum absolute atomic E-state index is 12.7. The summed E-state index contributed by atoms with van der Waals surface area (Å²) in [6.45, 7) is 0.920. The van der Waals surface area contributed by atoms with Crippen molar-refractivity contribution in [1.82, 2.24) is 4.90 Å². The van der Waals surface area contributed by atoms with E-state index in [9.17, 15) is 14.9 Å². The summed E-state index contributed by atoms with van der Waals surface area (Å²) in [5, 5.41) is 19.4. The number of furan rings is 1. The molecule has 0 atom stereocenters. The van der Waals surface area contributed by atoms with E-state index < -0.39 is 18.4 Å². The van der Waals surface area contributed by atoms with Gasteiger partial charge >= 0.3 is 0 Å². The number of carbonyl (C=O) groups is 2. The second kappa shape index (κ2) is 8.03. The topological polar surface area (TPSA) is 94.5 Å². The second-order valence-corrected chi connectivity index (χ2v) is 6.83. The van der Waals surface area contributed by atoms with Crippen LogP contribution in [0.25, 0.3) is 17.4 Å². The molecule has 0 saturated heterocycles. The van der Waals surface area contributed by atoms with E-state index in [1.807, 2.05) is 6.07 Å². The van der Waals surface area contributed by atoms with E-state index in [2.05, 4.69) is 0 Å². The van der Waals surface area contributed by atoms with Crippen LogP contribution in [0, 0.1) is 11.3 Å². The zero-order chi connectivity index (χ0) is 20.4. The molecule has 3 rings (SSSR count). The summed E-state index contributed by atoms with van der Waals surface area (Å²) in [6, 6.07) is 10.1. The fourth-order valence-electron chi connectivity index (χ4n) is 2.84. The molecule has 142 valence electrons. The molecule has 1 N–H and O–H groups in total. The minimum Gasteiger partial charge on any atom is -0.457 e. The lowest BCUT2D eigenvalue weighted by Crippen LogP contribution is -2.44. The molecule has 1 aliphatic rings. The Morgan fingerprint density at radius 3 is 2.64 bits per heavy atom. The van der Waals surface area contributed by atoms with Gasteiger partial charge in [0, 0.05) is 16.2 Å². The molecule has 0 bridgehead atoms. The van der Waals surface area contributed by atoms with Gasteiger partial charge in [-0.2, -0.15) is 5.26 Å². The molecule has 0 fully saturated rings. The summed E-state index contributed by atoms with van der Waals surface area (Å²) in [5.41, 5.74) is 0.841. The molecule has 1 aromatic heterocycles. The van der Waals surface area contributed by atoms with Gasteiger partial charge in [-0.3, -0.25) is 14.5 Å². The third-order valence-electron chi connectivity index (χ3n) is 4.26. The van der Waals surface area contributed by atoms with Gasteiger partial charge in [-0.1, -0.05) is 23.2 Å². The van der Waals surface area contributed by atoms with E-state index in [1.165, 1.54) is 13.0 Å². The Hall–Kier alpha value is -2.85. The SMILES string of the molecule is CC1=C(C#N)C(=O)N(CCO)C(=O)/C1=C/c1ccc(-c2cc(Cl)ccc2Cl)o1. The Morgan fingerprint density at radius 2 is 1.96 bits per heavy atom. The van der Waals surface area contributed by atoms with Crippen molar-refractivity contribution in [3.8, 4) is 17.4 Å². The highest BCUT2D eigenvalue weighted by Gasteiger charge is 2.35. The summed E-state index contributed by atoms with van der Waals surface area (Å²) < 4.78 is 5.77. The molecule has 8 heteroatoms. The Labute approximate surface area is 170 Å². The molecule has 2 heterocycles. The zero-order valence-electron chi connectivity index (χ0n) is 14.7. The van der Waals surface area contributed by atoms with Gasteiger partial charge in [0.05, 0.1) is 18.2 Å². The molecule has 2 amide bonds. The van der Waals surface area contributed by atoms with Crippen LogP contribution in [-0.2, 0) is 9.59 Å². The molecule has 0 spiro atoms. The van der Waals surface area contributed by atoms with Gasteiger partial charge in [-0.05, 0) is 48.9 Å². The first-order valence-corrected chi connectivity index (χ1v) is 8.98. The predicted molar refractivity (Wildman–Crippen MR) is 104 cm³/mol. The molecule has 2 aromatic rings. The Balaban J connectivity index is 2.05. The molecule has 0 saturated carbocycles. The van der Waals surface area contributed by atoms with Crippen molar-refractivity contribution in [2.45, 2.75) is 6.92 Å². The minimum atomic E-state index is -0.720. The van der Waals surface area contributed by atoms with Crippen molar-refractivity contribution in [2.24, 2.45) is 0 Å². The van der Waals surface area contributed by atoms with E-state index >= 15 is 0 Å². The number of carbonyl (C=O) groups excluding carboxylic acids is 2. The van der Waals surface area contributed by atoms with Gasteiger partial charge in [0.2, 0.25) is 0 Å². The third-order valence-corrected chi connectivity index (χ3v) is 4.82. The molecule has 1 aromatic carbocycles. The van der Waals surface area contributed by atoms with E-state index in [4.69, 9.17) is 32.7 Å². The normalized spacial score (nSPS) is 16.1. The van der Waals surface area contributed by atoms with Gasteiger partial charge in [0.25, 0.3) is 11.8 Å². The number of aliphatic hydroxyl groups is 1. The lowest BCUT2D eigenvalue weighted by atomic mass is 9.95. The van der Waals surface area contributed by atoms with Crippen LogP contribution in [0.15, 0.2) is 51.5 Å². The van der Waals surface area contributed by atoms with E-state index in [1.54, 1.807) is 30.3 Å². The van der Waals surface area contributed by atoms with Crippen molar-refractivity contribution >= 4 is 41.1 Å². The summed E-state index contributed by atoms with van der Waals surface area (Å²) >= 11 is 12.2. The molecule has 0 radical (unpaired) electrons. The number of amides is 2. The number of aliphatic hydroxyl groups excluding tert-OH is 1. The van der Waals surface area contributed by atoms with Crippen LogP contribution < -0.4 is 0 Å². The van der Waals surface area contributed by atoms with Gasteiger partial charge in [-0.25, -0.2) is 0 Å². The van der Waals surface area contributed by atoms with Gasteiger partial charge in [0.1, 0.15) is 23.2 Å². The number of benzene rings is 1. The molecule has 0 unspecified atom stereocenters. The average Bonchev–Trinajstić information content (AvgIpc) is 3.13. The standard InChI is InChI=1S/C20H14Cl2N2O4/c1-11-14(19(26)24(6-7-25)20(27)16(11)10-23)9-13-3-5-18(28-13)15-8-12(21)2-4-17(15)22/h2-5,8-9,25H,6-7H2,1H3/b14-9+. The molecule has 0 aliphatic carbocycles. The summed E-state index contributed by atoms with van der Waals surface area (Å²) in [5.74, 6) is -0.534. The number of halogens is 2. The lowest BCUT2D eigenvalue weighted by Gasteiger charge is -2.26. The average molecular weight is 417 g/mol. The first-order chi connectivity index (χ1) is 13.4. The lowest BCUT2D eigenvalue weighted by molar-refractivity contribution is -0.140. The van der Waals surface area contributed by atoms with Crippen LogP contribution >= 0.6 is 23.2 Å². The zero-order valence-corrected chi connectivity index (χ0v) is 16.2.